The Hall–Kier alpha value is -3.73. The number of aryl methyl sites for hydroxylation is 1. The average molecular weight is 606 g/mol. The van der Waals surface area contributed by atoms with Gasteiger partial charge in [0, 0.05) is 20.3 Å². The average Bonchev–Trinajstić information content (AvgIpc) is 3.43. The molecular formula is C25H31N7O7S2. The van der Waals surface area contributed by atoms with Gasteiger partial charge in [0.1, 0.15) is 24.2 Å². The molecule has 4 rings (SSSR count). The second kappa shape index (κ2) is 12.4. The fraction of sp³-hybridized carbons (Fsp3) is 0.400. The zero-order valence-corrected chi connectivity index (χ0v) is 24.9. The number of methoxy groups -OCH3 is 2. The third-order valence-corrected chi connectivity index (χ3v) is 9.10. The lowest BCUT2D eigenvalue weighted by Crippen LogP contribution is -2.39. The molecule has 0 spiro atoms. The minimum atomic E-state index is -3.86. The van der Waals surface area contributed by atoms with Crippen molar-refractivity contribution in [3.8, 4) is 17.3 Å². The first kappa shape index (κ1) is 30.2. The standard InChI is InChI=1S/C25H31N7O7S2/c1-16(2)30-15-27-29-24(30)19-7-6-8-22(28-19)31-14-26-20-11-17(3)21(12-18(20)25(31)33)32(40(34)35)13-23(39-5)41(36,37)10-9-38-4/h6-8,11-12,14-16,23,40H,9-10,13H2,1-5H3. The van der Waals surface area contributed by atoms with Gasteiger partial charge in [-0.05, 0) is 50.6 Å². The number of fused-ring (bicyclic) bond motifs is 1. The molecule has 0 N–H and O–H groups in total. The predicted octanol–water partition coefficient (Wildman–Crippen LogP) is 1.30. The number of pyridine rings is 1. The molecule has 0 bridgehead atoms. The molecular weight excluding hydrogens is 574 g/mol. The topological polar surface area (TPSA) is 168 Å². The van der Waals surface area contributed by atoms with E-state index in [1.807, 2.05) is 18.4 Å². The second-order valence-electron chi connectivity index (χ2n) is 9.46. The van der Waals surface area contributed by atoms with Gasteiger partial charge in [0.2, 0.25) is 10.9 Å². The number of aromatic nitrogens is 6. The molecule has 4 aromatic rings. The molecule has 3 aromatic heterocycles. The van der Waals surface area contributed by atoms with Crippen molar-refractivity contribution in [2.45, 2.75) is 32.2 Å². The van der Waals surface area contributed by atoms with Crippen molar-refractivity contribution in [3.63, 3.8) is 0 Å². The van der Waals surface area contributed by atoms with Crippen LogP contribution in [0.2, 0.25) is 0 Å². The number of hydrogen-bond donors (Lipinski definition) is 1. The maximum absolute atomic E-state index is 13.7. The Morgan fingerprint density at radius 3 is 2.54 bits per heavy atom. The minimum Gasteiger partial charge on any atom is -0.384 e. The van der Waals surface area contributed by atoms with Crippen LogP contribution in [0.15, 0.2) is 47.8 Å². The van der Waals surface area contributed by atoms with Crippen molar-refractivity contribution in [2.75, 3.05) is 37.4 Å². The number of rotatable bonds is 12. The Morgan fingerprint density at radius 1 is 1.12 bits per heavy atom. The zero-order valence-electron chi connectivity index (χ0n) is 23.2. The lowest BCUT2D eigenvalue weighted by molar-refractivity contribution is 0.167. The van der Waals surface area contributed by atoms with Crippen molar-refractivity contribution < 1.29 is 26.3 Å². The Morgan fingerprint density at radius 2 is 1.88 bits per heavy atom. The first-order valence-electron chi connectivity index (χ1n) is 12.5. The largest absolute Gasteiger partial charge is 0.384 e. The monoisotopic (exact) mass is 605 g/mol. The quantitative estimate of drug-likeness (QED) is 0.231. The normalized spacial score (nSPS) is 12.9. The highest BCUT2D eigenvalue weighted by Crippen LogP contribution is 2.26. The smallest absolute Gasteiger partial charge is 0.267 e. The molecule has 0 amide bonds. The van der Waals surface area contributed by atoms with Crippen LogP contribution in [-0.4, -0.2) is 84.7 Å². The molecule has 16 heteroatoms. The minimum absolute atomic E-state index is 0.0724. The van der Waals surface area contributed by atoms with Crippen LogP contribution >= 0.6 is 0 Å². The van der Waals surface area contributed by atoms with Gasteiger partial charge in [-0.25, -0.2) is 26.8 Å². The van der Waals surface area contributed by atoms with E-state index >= 15 is 0 Å². The third-order valence-electron chi connectivity index (χ3n) is 6.45. The Labute approximate surface area is 238 Å². The SMILES string of the molecule is COCCS(=O)(=O)C(CN(c1cc2c(=O)n(-c3cccc(-c4nncn4C(C)C)n3)cnc2cc1C)[SH](=O)=O)OC. The van der Waals surface area contributed by atoms with Gasteiger partial charge in [-0.1, -0.05) is 6.07 Å². The first-order chi connectivity index (χ1) is 19.5. The fourth-order valence-corrected chi connectivity index (χ4v) is 6.36. The summed E-state index contributed by atoms with van der Waals surface area (Å²) in [5.74, 6) is 0.457. The van der Waals surface area contributed by atoms with E-state index in [4.69, 9.17) is 9.47 Å². The van der Waals surface area contributed by atoms with Crippen LogP contribution < -0.4 is 9.86 Å². The highest BCUT2D eigenvalue weighted by Gasteiger charge is 2.29. The van der Waals surface area contributed by atoms with E-state index < -0.39 is 38.3 Å². The van der Waals surface area contributed by atoms with Gasteiger partial charge in [0.25, 0.3) is 5.56 Å². The highest BCUT2D eigenvalue weighted by molar-refractivity contribution is 7.91. The van der Waals surface area contributed by atoms with E-state index in [-0.39, 0.29) is 35.3 Å². The van der Waals surface area contributed by atoms with E-state index in [1.54, 1.807) is 37.5 Å². The van der Waals surface area contributed by atoms with Gasteiger partial charge >= 0.3 is 0 Å². The Balaban J connectivity index is 1.79. The van der Waals surface area contributed by atoms with Gasteiger partial charge in [0.15, 0.2) is 21.1 Å². The fourth-order valence-electron chi connectivity index (χ4n) is 4.25. The van der Waals surface area contributed by atoms with Crippen LogP contribution in [0.1, 0.15) is 25.5 Å². The molecule has 0 radical (unpaired) electrons. The van der Waals surface area contributed by atoms with Crippen LogP contribution in [-0.2, 0) is 30.2 Å². The summed E-state index contributed by atoms with van der Waals surface area (Å²) in [7, 11) is -4.62. The van der Waals surface area contributed by atoms with Crippen LogP contribution in [0, 0.1) is 6.92 Å². The molecule has 0 fully saturated rings. The zero-order chi connectivity index (χ0) is 29.9. The van der Waals surface area contributed by atoms with Gasteiger partial charge in [-0.15, -0.1) is 10.2 Å². The summed E-state index contributed by atoms with van der Waals surface area (Å²) >= 11 is 0. The Kier molecular flexibility index (Phi) is 9.16. The van der Waals surface area contributed by atoms with E-state index in [1.165, 1.54) is 31.2 Å². The first-order valence-corrected chi connectivity index (χ1v) is 15.4. The van der Waals surface area contributed by atoms with Crippen LogP contribution in [0.5, 0.6) is 0 Å². The molecule has 0 saturated heterocycles. The lowest BCUT2D eigenvalue weighted by atomic mass is 10.1. The Bertz CT molecular complexity index is 1790. The number of ether oxygens (including phenoxy) is 2. The molecule has 3 heterocycles. The molecule has 14 nitrogen and oxygen atoms in total. The van der Waals surface area contributed by atoms with Crippen molar-refractivity contribution in [2.24, 2.45) is 0 Å². The van der Waals surface area contributed by atoms with E-state index in [2.05, 4.69) is 20.2 Å². The maximum Gasteiger partial charge on any atom is 0.267 e. The summed E-state index contributed by atoms with van der Waals surface area (Å²) in [5.41, 5.74) is -0.519. The number of anilines is 1. The predicted molar refractivity (Wildman–Crippen MR) is 153 cm³/mol. The molecule has 0 aliphatic rings. The maximum atomic E-state index is 13.7. The summed E-state index contributed by atoms with van der Waals surface area (Å²) < 4.78 is 64.1. The highest BCUT2D eigenvalue weighted by atomic mass is 32.2. The van der Waals surface area contributed by atoms with E-state index in [9.17, 15) is 21.6 Å². The number of sulfone groups is 1. The molecule has 41 heavy (non-hydrogen) atoms. The summed E-state index contributed by atoms with van der Waals surface area (Å²) in [4.78, 5) is 22.7. The molecule has 1 unspecified atom stereocenters. The summed E-state index contributed by atoms with van der Waals surface area (Å²) in [6.45, 7) is 5.03. The number of nitrogens with zero attached hydrogens (tertiary/aromatic N) is 7. The molecule has 220 valence electrons. The molecule has 1 aromatic carbocycles. The second-order valence-corrected chi connectivity index (χ2v) is 12.7. The van der Waals surface area contributed by atoms with Gasteiger partial charge in [-0.2, -0.15) is 0 Å². The summed E-state index contributed by atoms with van der Waals surface area (Å²) in [6.07, 6.45) is 2.95. The molecule has 0 saturated carbocycles. The van der Waals surface area contributed by atoms with Crippen molar-refractivity contribution in [1.29, 1.82) is 0 Å². The van der Waals surface area contributed by atoms with Crippen molar-refractivity contribution in [1.82, 2.24) is 29.3 Å². The number of thiol groups is 1. The van der Waals surface area contributed by atoms with Crippen LogP contribution in [0.3, 0.4) is 0 Å². The van der Waals surface area contributed by atoms with Gasteiger partial charge in [0.05, 0.1) is 35.5 Å². The number of hydrogen-bond acceptors (Lipinski definition) is 11. The molecule has 0 aliphatic carbocycles. The van der Waals surface area contributed by atoms with E-state index in [0.717, 1.165) is 4.31 Å². The summed E-state index contributed by atoms with van der Waals surface area (Å²) in [6, 6.07) is 8.16. The number of benzene rings is 1. The van der Waals surface area contributed by atoms with E-state index in [0.29, 0.717) is 22.6 Å². The summed E-state index contributed by atoms with van der Waals surface area (Å²) in [5, 5.41) is 8.25. The molecule has 0 aliphatic heterocycles. The lowest BCUT2D eigenvalue weighted by Gasteiger charge is -2.25. The van der Waals surface area contributed by atoms with Gasteiger partial charge in [-0.3, -0.25) is 13.7 Å². The molecule has 1 atom stereocenters. The van der Waals surface area contributed by atoms with Gasteiger partial charge < -0.3 is 14.0 Å². The van der Waals surface area contributed by atoms with Crippen LogP contribution in [0.4, 0.5) is 5.69 Å². The van der Waals surface area contributed by atoms with Crippen LogP contribution in [0.25, 0.3) is 28.2 Å². The van der Waals surface area contributed by atoms with Crippen molar-refractivity contribution in [3.05, 3.63) is 58.9 Å². The van der Waals surface area contributed by atoms with Crippen molar-refractivity contribution >= 4 is 37.3 Å². The third kappa shape index (κ3) is 6.29.